The minimum atomic E-state index is -0.208. The number of aryl methyl sites for hydroxylation is 2. The van der Waals surface area contributed by atoms with Crippen molar-refractivity contribution in [2.45, 2.75) is 64.6 Å². The van der Waals surface area contributed by atoms with Crippen LogP contribution in [0.2, 0.25) is 0 Å². The van der Waals surface area contributed by atoms with Gasteiger partial charge in [0.1, 0.15) is 12.3 Å². The Morgan fingerprint density at radius 1 is 1.39 bits per heavy atom. The summed E-state index contributed by atoms with van der Waals surface area (Å²) in [5.74, 6) is 0.635. The van der Waals surface area contributed by atoms with Crippen molar-refractivity contribution < 1.29 is 14.1 Å². The molecule has 1 aliphatic heterocycles. The van der Waals surface area contributed by atoms with Crippen LogP contribution in [0.1, 0.15) is 55.7 Å². The maximum absolute atomic E-state index is 12.7. The molecule has 3 rings (SSSR count). The second kappa shape index (κ2) is 6.22. The van der Waals surface area contributed by atoms with Gasteiger partial charge in [-0.15, -0.1) is 0 Å². The SMILES string of the molecule is Cc1noc(C)c1[C@H](C)NC(=O)N1CC(=O)N[C@@H]2CCCC[C@@H]21. The maximum Gasteiger partial charge on any atom is 0.318 e. The molecule has 7 nitrogen and oxygen atoms in total. The summed E-state index contributed by atoms with van der Waals surface area (Å²) in [5, 5.41) is 9.94. The number of aromatic nitrogens is 1. The van der Waals surface area contributed by atoms with Gasteiger partial charge < -0.3 is 20.1 Å². The molecule has 0 radical (unpaired) electrons. The molecule has 7 heteroatoms. The molecule has 1 saturated heterocycles. The summed E-state index contributed by atoms with van der Waals surface area (Å²) in [6.07, 6.45) is 4.09. The number of hydrogen-bond donors (Lipinski definition) is 2. The van der Waals surface area contributed by atoms with Crippen LogP contribution < -0.4 is 10.6 Å². The predicted octanol–water partition coefficient (Wildman–Crippen LogP) is 1.81. The lowest BCUT2D eigenvalue weighted by molar-refractivity contribution is -0.126. The van der Waals surface area contributed by atoms with E-state index in [2.05, 4.69) is 15.8 Å². The van der Waals surface area contributed by atoms with Gasteiger partial charge in [-0.2, -0.15) is 0 Å². The van der Waals surface area contributed by atoms with Crippen molar-refractivity contribution in [2.75, 3.05) is 6.54 Å². The molecule has 126 valence electrons. The van der Waals surface area contributed by atoms with Crippen molar-refractivity contribution in [3.63, 3.8) is 0 Å². The molecule has 1 aromatic rings. The first-order valence-electron chi connectivity index (χ1n) is 8.26. The number of hydrogen-bond acceptors (Lipinski definition) is 4. The van der Waals surface area contributed by atoms with Crippen LogP contribution in [-0.2, 0) is 4.79 Å². The number of nitrogens with zero attached hydrogens (tertiary/aromatic N) is 2. The maximum atomic E-state index is 12.7. The zero-order valence-corrected chi connectivity index (χ0v) is 13.9. The molecule has 23 heavy (non-hydrogen) atoms. The van der Waals surface area contributed by atoms with Gasteiger partial charge in [-0.3, -0.25) is 4.79 Å². The molecule has 2 heterocycles. The van der Waals surface area contributed by atoms with Gasteiger partial charge in [-0.1, -0.05) is 18.0 Å². The molecule has 1 saturated carbocycles. The number of carbonyl (C=O) groups is 2. The fourth-order valence-electron chi connectivity index (χ4n) is 3.85. The van der Waals surface area contributed by atoms with E-state index in [1.54, 1.807) is 4.90 Å². The van der Waals surface area contributed by atoms with E-state index in [-0.39, 0.29) is 36.6 Å². The van der Waals surface area contributed by atoms with Gasteiger partial charge in [-0.05, 0) is 33.6 Å². The van der Waals surface area contributed by atoms with Crippen molar-refractivity contribution in [3.05, 3.63) is 17.0 Å². The summed E-state index contributed by atoms with van der Waals surface area (Å²) < 4.78 is 5.17. The highest BCUT2D eigenvalue weighted by atomic mass is 16.5. The van der Waals surface area contributed by atoms with E-state index in [4.69, 9.17) is 4.52 Å². The van der Waals surface area contributed by atoms with Crippen LogP contribution in [0.25, 0.3) is 0 Å². The van der Waals surface area contributed by atoms with Crippen LogP contribution in [0.5, 0.6) is 0 Å². The first-order valence-corrected chi connectivity index (χ1v) is 8.26. The molecular formula is C16H24N4O3. The normalized spacial score (nSPS) is 25.5. The molecule has 1 aliphatic carbocycles. The van der Waals surface area contributed by atoms with Gasteiger partial charge in [0.25, 0.3) is 0 Å². The summed E-state index contributed by atoms with van der Waals surface area (Å²) >= 11 is 0. The first-order chi connectivity index (χ1) is 11.0. The largest absolute Gasteiger partial charge is 0.361 e. The number of carbonyl (C=O) groups excluding carboxylic acids is 2. The highest BCUT2D eigenvalue weighted by molar-refractivity contribution is 5.86. The molecule has 3 amide bonds. The quantitative estimate of drug-likeness (QED) is 0.870. The zero-order valence-electron chi connectivity index (χ0n) is 13.9. The summed E-state index contributed by atoms with van der Waals surface area (Å²) in [6, 6.07) is -0.214. The summed E-state index contributed by atoms with van der Waals surface area (Å²) in [5.41, 5.74) is 1.68. The number of fused-ring (bicyclic) bond motifs is 1. The van der Waals surface area contributed by atoms with Crippen molar-refractivity contribution in [3.8, 4) is 0 Å². The smallest absolute Gasteiger partial charge is 0.318 e. The van der Waals surface area contributed by atoms with Gasteiger partial charge in [0, 0.05) is 11.6 Å². The third-order valence-corrected chi connectivity index (χ3v) is 4.91. The number of rotatable bonds is 2. The number of nitrogens with one attached hydrogen (secondary N) is 2. The van der Waals surface area contributed by atoms with Gasteiger partial charge >= 0.3 is 6.03 Å². The lowest BCUT2D eigenvalue weighted by Gasteiger charge is -2.44. The van der Waals surface area contributed by atoms with Gasteiger partial charge in [0.2, 0.25) is 5.91 Å². The summed E-state index contributed by atoms with van der Waals surface area (Å²) in [7, 11) is 0. The number of urea groups is 1. The minimum absolute atomic E-state index is 0.0757. The van der Waals surface area contributed by atoms with Gasteiger partial charge in [-0.25, -0.2) is 4.79 Å². The Kier molecular flexibility index (Phi) is 4.28. The van der Waals surface area contributed by atoms with E-state index in [0.29, 0.717) is 5.76 Å². The minimum Gasteiger partial charge on any atom is -0.361 e. The third-order valence-electron chi connectivity index (χ3n) is 4.91. The summed E-state index contributed by atoms with van der Waals surface area (Å²) in [4.78, 5) is 26.3. The second-order valence-corrected chi connectivity index (χ2v) is 6.56. The average molecular weight is 320 g/mol. The molecule has 0 spiro atoms. The van der Waals surface area contributed by atoms with Crippen LogP contribution in [0.3, 0.4) is 0 Å². The Labute approximate surface area is 135 Å². The summed E-state index contributed by atoms with van der Waals surface area (Å²) in [6.45, 7) is 5.73. The standard InChI is InChI=1S/C16H24N4O3/c1-9(15-10(2)19-23-11(15)3)17-16(22)20-8-14(21)18-12-6-4-5-7-13(12)20/h9,12-13H,4-8H2,1-3H3,(H,17,22)(H,18,21)/t9-,12+,13-/m0/s1. The Morgan fingerprint density at radius 3 is 2.83 bits per heavy atom. The van der Waals surface area contributed by atoms with E-state index in [0.717, 1.165) is 36.9 Å². The number of amides is 3. The van der Waals surface area contributed by atoms with Crippen molar-refractivity contribution in [2.24, 2.45) is 0 Å². The van der Waals surface area contributed by atoms with Gasteiger partial charge in [0.05, 0.1) is 17.8 Å². The third kappa shape index (κ3) is 3.04. The predicted molar refractivity (Wildman–Crippen MR) is 83.8 cm³/mol. The molecule has 1 aromatic heterocycles. The molecular weight excluding hydrogens is 296 g/mol. The highest BCUT2D eigenvalue weighted by Gasteiger charge is 2.39. The van der Waals surface area contributed by atoms with Crippen molar-refractivity contribution in [1.29, 1.82) is 0 Å². The monoisotopic (exact) mass is 320 g/mol. The van der Waals surface area contributed by atoms with E-state index in [1.165, 1.54) is 0 Å². The van der Waals surface area contributed by atoms with Gasteiger partial charge in [0.15, 0.2) is 0 Å². The van der Waals surface area contributed by atoms with E-state index in [9.17, 15) is 9.59 Å². The Bertz CT molecular complexity index is 593. The molecule has 3 atom stereocenters. The van der Waals surface area contributed by atoms with Crippen LogP contribution in [0.15, 0.2) is 4.52 Å². The molecule has 2 fully saturated rings. The topological polar surface area (TPSA) is 87.5 Å². The molecule has 2 aliphatic rings. The molecule has 0 bridgehead atoms. The van der Waals surface area contributed by atoms with Crippen molar-refractivity contribution >= 4 is 11.9 Å². The second-order valence-electron chi connectivity index (χ2n) is 6.56. The zero-order chi connectivity index (χ0) is 16.6. The lowest BCUT2D eigenvalue weighted by atomic mass is 9.87. The van der Waals surface area contributed by atoms with E-state index in [1.807, 2.05) is 20.8 Å². The average Bonchev–Trinajstić information content (AvgIpc) is 2.85. The van der Waals surface area contributed by atoms with Crippen LogP contribution >= 0.6 is 0 Å². The molecule has 2 N–H and O–H groups in total. The fraction of sp³-hybridized carbons (Fsp3) is 0.688. The van der Waals surface area contributed by atoms with E-state index >= 15 is 0 Å². The molecule has 0 unspecified atom stereocenters. The highest BCUT2D eigenvalue weighted by Crippen LogP contribution is 2.27. The Hall–Kier alpha value is -2.05. The van der Waals surface area contributed by atoms with Crippen molar-refractivity contribution in [1.82, 2.24) is 20.7 Å². The van der Waals surface area contributed by atoms with Crippen LogP contribution in [-0.4, -0.2) is 40.6 Å². The number of piperazine rings is 1. The van der Waals surface area contributed by atoms with Crippen LogP contribution in [0.4, 0.5) is 4.79 Å². The Balaban J connectivity index is 1.72. The van der Waals surface area contributed by atoms with Crippen LogP contribution in [0, 0.1) is 13.8 Å². The fourth-order valence-corrected chi connectivity index (χ4v) is 3.85. The first kappa shape index (κ1) is 15.8. The Morgan fingerprint density at radius 2 is 2.13 bits per heavy atom. The molecule has 0 aromatic carbocycles. The van der Waals surface area contributed by atoms with E-state index < -0.39 is 0 Å². The lowest BCUT2D eigenvalue weighted by Crippen LogP contribution is -2.64.